The highest BCUT2D eigenvalue weighted by atomic mass is 19.4. The number of aryl methyl sites for hydroxylation is 2. The monoisotopic (exact) mass is 263 g/mol. The van der Waals surface area contributed by atoms with Gasteiger partial charge < -0.3 is 9.84 Å². The minimum atomic E-state index is -4.56. The fourth-order valence-corrected chi connectivity index (χ4v) is 1.23. The van der Waals surface area contributed by atoms with Gasteiger partial charge in [0, 0.05) is 5.69 Å². The average molecular weight is 263 g/mol. The van der Waals surface area contributed by atoms with Gasteiger partial charge in [0.15, 0.2) is 6.61 Å². The van der Waals surface area contributed by atoms with Crippen LogP contribution < -0.4 is 5.32 Å². The molecular weight excluding hydrogens is 251 g/mol. The number of amides is 1. The molecular formula is C11H12F3NO3. The molecule has 0 aliphatic rings. The van der Waals surface area contributed by atoms with Crippen LogP contribution in [-0.2, 0) is 4.74 Å². The smallest absolute Gasteiger partial charge is 0.422 e. The van der Waals surface area contributed by atoms with Crippen molar-refractivity contribution in [3.63, 3.8) is 0 Å². The Hall–Kier alpha value is -1.92. The molecule has 0 aliphatic carbocycles. The molecule has 0 aromatic heterocycles. The Balaban J connectivity index is 2.68. The number of nitrogens with one attached hydrogen (secondary N) is 1. The Morgan fingerprint density at radius 3 is 2.50 bits per heavy atom. The zero-order valence-electron chi connectivity index (χ0n) is 9.76. The van der Waals surface area contributed by atoms with Gasteiger partial charge in [0.2, 0.25) is 0 Å². The van der Waals surface area contributed by atoms with Crippen LogP contribution in [0.3, 0.4) is 0 Å². The standard InChI is InChI=1S/C11H12F3NO3/c1-6-4-9(16)7(2)3-8(6)15-10(17)18-5-11(12,13)14/h3-4,16H,5H2,1-2H3,(H,15,17). The third kappa shape index (κ3) is 4.15. The van der Waals surface area contributed by atoms with Crippen molar-refractivity contribution in [1.82, 2.24) is 0 Å². The van der Waals surface area contributed by atoms with Crippen LogP contribution in [0, 0.1) is 13.8 Å². The summed E-state index contributed by atoms with van der Waals surface area (Å²) in [5.74, 6) is 0.0432. The summed E-state index contributed by atoms with van der Waals surface area (Å²) >= 11 is 0. The van der Waals surface area contributed by atoms with Gasteiger partial charge in [0.1, 0.15) is 5.75 Å². The van der Waals surface area contributed by atoms with Crippen molar-refractivity contribution in [2.45, 2.75) is 20.0 Å². The van der Waals surface area contributed by atoms with Gasteiger partial charge in [-0.15, -0.1) is 0 Å². The van der Waals surface area contributed by atoms with Gasteiger partial charge in [-0.1, -0.05) is 0 Å². The summed E-state index contributed by atoms with van der Waals surface area (Å²) in [4.78, 5) is 11.1. The number of alkyl halides is 3. The summed E-state index contributed by atoms with van der Waals surface area (Å²) in [6, 6.07) is 2.84. The van der Waals surface area contributed by atoms with Crippen molar-refractivity contribution < 1.29 is 27.8 Å². The molecule has 0 unspecified atom stereocenters. The average Bonchev–Trinajstić information content (AvgIpc) is 2.22. The van der Waals surface area contributed by atoms with Crippen LogP contribution in [0.15, 0.2) is 12.1 Å². The number of rotatable bonds is 2. The largest absolute Gasteiger partial charge is 0.508 e. The first-order chi connectivity index (χ1) is 8.19. The van der Waals surface area contributed by atoms with Crippen molar-refractivity contribution in [3.8, 4) is 5.75 Å². The molecule has 0 heterocycles. The summed E-state index contributed by atoms with van der Waals surface area (Å²) in [6.07, 6.45) is -5.75. The zero-order chi connectivity index (χ0) is 13.9. The lowest BCUT2D eigenvalue weighted by Crippen LogP contribution is -2.23. The van der Waals surface area contributed by atoms with Crippen LogP contribution in [0.1, 0.15) is 11.1 Å². The van der Waals surface area contributed by atoms with Crippen LogP contribution >= 0.6 is 0 Å². The maximum atomic E-state index is 11.8. The summed E-state index contributed by atoms with van der Waals surface area (Å²) in [5.41, 5.74) is 1.30. The second-order valence-corrected chi connectivity index (χ2v) is 3.77. The Labute approximate surface area is 101 Å². The number of hydrogen-bond donors (Lipinski definition) is 2. The minimum absolute atomic E-state index is 0.0432. The fourth-order valence-electron chi connectivity index (χ4n) is 1.23. The van der Waals surface area contributed by atoms with Crippen LogP contribution in [0.4, 0.5) is 23.7 Å². The van der Waals surface area contributed by atoms with Crippen LogP contribution in [-0.4, -0.2) is 24.0 Å². The molecule has 1 aromatic rings. The molecule has 0 saturated carbocycles. The maximum absolute atomic E-state index is 11.8. The first-order valence-corrected chi connectivity index (χ1v) is 5.00. The van der Waals surface area contributed by atoms with Crippen LogP contribution in [0.25, 0.3) is 0 Å². The second-order valence-electron chi connectivity index (χ2n) is 3.77. The summed E-state index contributed by atoms with van der Waals surface area (Å²) in [5, 5.41) is 11.6. The molecule has 4 nitrogen and oxygen atoms in total. The summed E-state index contributed by atoms with van der Waals surface area (Å²) < 4.78 is 39.4. The predicted molar refractivity (Wildman–Crippen MR) is 58.6 cm³/mol. The number of carbonyl (C=O) groups is 1. The van der Waals surface area contributed by atoms with Gasteiger partial charge >= 0.3 is 12.3 Å². The molecule has 0 saturated heterocycles. The van der Waals surface area contributed by atoms with Gasteiger partial charge in [-0.3, -0.25) is 5.32 Å². The van der Waals surface area contributed by atoms with Gasteiger partial charge in [-0.25, -0.2) is 4.79 Å². The van der Waals surface area contributed by atoms with Gasteiger partial charge in [-0.05, 0) is 37.1 Å². The van der Waals surface area contributed by atoms with Crippen LogP contribution in [0.5, 0.6) is 5.75 Å². The van der Waals surface area contributed by atoms with E-state index in [1.165, 1.54) is 12.1 Å². The van der Waals surface area contributed by atoms with Crippen molar-refractivity contribution in [3.05, 3.63) is 23.3 Å². The molecule has 2 N–H and O–H groups in total. The molecule has 100 valence electrons. The van der Waals surface area contributed by atoms with Crippen LogP contribution in [0.2, 0.25) is 0 Å². The van der Waals surface area contributed by atoms with Gasteiger partial charge in [0.25, 0.3) is 0 Å². The fraction of sp³-hybridized carbons (Fsp3) is 0.364. The molecule has 0 spiro atoms. The number of phenols is 1. The summed E-state index contributed by atoms with van der Waals surface area (Å²) in [6.45, 7) is 1.55. The van der Waals surface area contributed by atoms with E-state index in [9.17, 15) is 23.1 Å². The highest BCUT2D eigenvalue weighted by molar-refractivity contribution is 5.86. The molecule has 1 amide bonds. The number of anilines is 1. The van der Waals surface area contributed by atoms with E-state index in [0.29, 0.717) is 11.1 Å². The van der Waals surface area contributed by atoms with E-state index >= 15 is 0 Å². The first-order valence-electron chi connectivity index (χ1n) is 5.00. The number of phenolic OH excluding ortho intramolecular Hbond substituents is 1. The van der Waals surface area contributed by atoms with E-state index in [2.05, 4.69) is 10.1 Å². The lowest BCUT2D eigenvalue weighted by Gasteiger charge is -2.12. The molecule has 0 atom stereocenters. The number of halogens is 3. The lowest BCUT2D eigenvalue weighted by molar-refractivity contribution is -0.159. The SMILES string of the molecule is Cc1cc(NC(=O)OCC(F)(F)F)c(C)cc1O. The molecule has 0 radical (unpaired) electrons. The number of ether oxygens (including phenoxy) is 1. The number of aromatic hydroxyl groups is 1. The van der Waals surface area contributed by atoms with E-state index in [1.54, 1.807) is 13.8 Å². The van der Waals surface area contributed by atoms with E-state index < -0.39 is 18.9 Å². The van der Waals surface area contributed by atoms with E-state index in [1.807, 2.05) is 0 Å². The van der Waals surface area contributed by atoms with Gasteiger partial charge in [-0.2, -0.15) is 13.2 Å². The Morgan fingerprint density at radius 1 is 1.33 bits per heavy atom. The topological polar surface area (TPSA) is 58.6 Å². The van der Waals surface area contributed by atoms with E-state index in [0.717, 1.165) is 0 Å². The minimum Gasteiger partial charge on any atom is -0.508 e. The molecule has 7 heteroatoms. The quantitative estimate of drug-likeness (QED) is 0.806. The molecule has 1 aromatic carbocycles. The van der Waals surface area contributed by atoms with Crippen molar-refractivity contribution in [2.24, 2.45) is 0 Å². The van der Waals surface area contributed by atoms with E-state index in [-0.39, 0.29) is 11.4 Å². The number of carbonyl (C=O) groups excluding carboxylic acids is 1. The maximum Gasteiger partial charge on any atom is 0.422 e. The highest BCUT2D eigenvalue weighted by Crippen LogP contribution is 2.25. The number of benzene rings is 1. The predicted octanol–water partition coefficient (Wildman–Crippen LogP) is 3.12. The first kappa shape index (κ1) is 14.1. The third-order valence-corrected chi connectivity index (χ3v) is 2.15. The third-order valence-electron chi connectivity index (χ3n) is 2.15. The van der Waals surface area contributed by atoms with Crippen molar-refractivity contribution >= 4 is 11.8 Å². The Bertz CT molecular complexity index is 458. The van der Waals surface area contributed by atoms with E-state index in [4.69, 9.17) is 0 Å². The lowest BCUT2D eigenvalue weighted by atomic mass is 10.1. The molecule has 18 heavy (non-hydrogen) atoms. The molecule has 1 rings (SSSR count). The zero-order valence-corrected chi connectivity index (χ0v) is 9.76. The normalized spacial score (nSPS) is 11.2. The van der Waals surface area contributed by atoms with Crippen molar-refractivity contribution in [2.75, 3.05) is 11.9 Å². The molecule has 0 fully saturated rings. The van der Waals surface area contributed by atoms with Gasteiger partial charge in [0.05, 0.1) is 0 Å². The molecule has 0 bridgehead atoms. The second kappa shape index (κ2) is 5.16. The number of hydrogen-bond acceptors (Lipinski definition) is 3. The van der Waals surface area contributed by atoms with Crippen molar-refractivity contribution in [1.29, 1.82) is 0 Å². The highest BCUT2D eigenvalue weighted by Gasteiger charge is 2.29. The summed E-state index contributed by atoms with van der Waals surface area (Å²) in [7, 11) is 0. The molecule has 0 aliphatic heterocycles. The Kier molecular flexibility index (Phi) is 4.05. The Morgan fingerprint density at radius 2 is 1.94 bits per heavy atom.